The van der Waals surface area contributed by atoms with Gasteiger partial charge in [0.25, 0.3) is 0 Å². The van der Waals surface area contributed by atoms with E-state index in [0.29, 0.717) is 17.4 Å². The Kier molecular flexibility index (Phi) is 4.78. The van der Waals surface area contributed by atoms with Crippen LogP contribution in [0, 0.1) is 6.92 Å². The van der Waals surface area contributed by atoms with Crippen molar-refractivity contribution in [2.24, 2.45) is 0 Å². The third-order valence-electron chi connectivity index (χ3n) is 3.83. The summed E-state index contributed by atoms with van der Waals surface area (Å²) in [5.74, 6) is -0.0245. The molecule has 0 amide bonds. The highest BCUT2D eigenvalue weighted by atomic mass is 16.3. The number of fused-ring (bicyclic) bond motifs is 1. The number of hydrogen-bond acceptors (Lipinski definition) is 3. The molecule has 0 atom stereocenters. The molecule has 1 aromatic heterocycles. The number of carbonyl (C=O) groups is 1. The van der Waals surface area contributed by atoms with Gasteiger partial charge in [-0.1, -0.05) is 32.3 Å². The number of carbonyl (C=O) groups excluding carboxylic acids is 1. The lowest BCUT2D eigenvalue weighted by Gasteiger charge is -2.13. The van der Waals surface area contributed by atoms with Crippen molar-refractivity contribution < 1.29 is 9.90 Å². The van der Waals surface area contributed by atoms with E-state index < -0.39 is 5.43 Å². The van der Waals surface area contributed by atoms with Gasteiger partial charge in [-0.15, -0.1) is 0 Å². The second kappa shape index (κ2) is 6.57. The quantitative estimate of drug-likeness (QED) is 0.654. The summed E-state index contributed by atoms with van der Waals surface area (Å²) >= 11 is 0. The molecule has 0 saturated carbocycles. The molecule has 112 valence electrons. The first kappa shape index (κ1) is 15.3. The summed E-state index contributed by atoms with van der Waals surface area (Å²) in [5.41, 5.74) is 1.02. The average Bonchev–Trinajstić information content (AvgIpc) is 2.48. The van der Waals surface area contributed by atoms with Gasteiger partial charge in [-0.05, 0) is 25.0 Å². The number of rotatable bonds is 6. The smallest absolute Gasteiger partial charge is 0.203 e. The van der Waals surface area contributed by atoms with E-state index in [2.05, 4.69) is 6.92 Å². The summed E-state index contributed by atoms with van der Waals surface area (Å²) < 4.78 is 1.90. The first-order chi connectivity index (χ1) is 10.1. The van der Waals surface area contributed by atoms with Crippen LogP contribution < -0.4 is 5.43 Å². The van der Waals surface area contributed by atoms with Crippen LogP contribution in [-0.2, 0) is 6.54 Å². The molecule has 0 aliphatic carbocycles. The molecular weight excluding hydrogens is 266 g/mol. The fraction of sp³-hybridized carbons (Fsp3) is 0.412. The Bertz CT molecular complexity index is 716. The van der Waals surface area contributed by atoms with E-state index in [4.69, 9.17) is 0 Å². The zero-order valence-electron chi connectivity index (χ0n) is 12.6. The predicted molar refractivity (Wildman–Crippen MR) is 84.1 cm³/mol. The van der Waals surface area contributed by atoms with Crippen LogP contribution >= 0.6 is 0 Å². The summed E-state index contributed by atoms with van der Waals surface area (Å²) in [6, 6.07) is 3.63. The monoisotopic (exact) mass is 287 g/mol. The number of nitrogens with zero attached hydrogens (tertiary/aromatic N) is 1. The zero-order chi connectivity index (χ0) is 15.4. The number of aldehydes is 1. The maximum absolute atomic E-state index is 12.3. The lowest BCUT2D eigenvalue weighted by Crippen LogP contribution is -2.15. The van der Waals surface area contributed by atoms with Gasteiger partial charge in [0.1, 0.15) is 5.75 Å². The van der Waals surface area contributed by atoms with E-state index in [1.54, 1.807) is 19.2 Å². The number of benzene rings is 1. The molecule has 0 radical (unpaired) electrons. The summed E-state index contributed by atoms with van der Waals surface area (Å²) in [7, 11) is 0. The Hall–Kier alpha value is -2.10. The van der Waals surface area contributed by atoms with Crippen molar-refractivity contribution in [3.63, 3.8) is 0 Å². The van der Waals surface area contributed by atoms with E-state index in [1.807, 2.05) is 10.6 Å². The third kappa shape index (κ3) is 2.99. The van der Waals surface area contributed by atoms with Gasteiger partial charge >= 0.3 is 0 Å². The minimum atomic E-state index is -0.397. The molecule has 0 spiro atoms. The Labute approximate surface area is 124 Å². The van der Waals surface area contributed by atoms with Crippen LogP contribution in [0.5, 0.6) is 5.75 Å². The van der Waals surface area contributed by atoms with E-state index in [1.165, 1.54) is 6.42 Å². The van der Waals surface area contributed by atoms with Crippen LogP contribution in [0.3, 0.4) is 0 Å². The van der Waals surface area contributed by atoms with E-state index in [0.717, 1.165) is 25.8 Å². The number of aryl methyl sites for hydroxylation is 2. The number of aromatic hydroxyl groups is 1. The van der Waals surface area contributed by atoms with Crippen molar-refractivity contribution in [2.45, 2.75) is 46.1 Å². The molecule has 0 aliphatic heterocycles. The largest absolute Gasteiger partial charge is 0.507 e. The van der Waals surface area contributed by atoms with E-state index in [9.17, 15) is 14.7 Å². The van der Waals surface area contributed by atoms with Gasteiger partial charge in [0, 0.05) is 12.7 Å². The standard InChI is InChI=1S/C17H21NO3/c1-3-4-5-6-9-18-10-13(11-19)17(21)15-14(18)8-7-12(2)16(15)20/h7-8,10-11,20H,3-6,9H2,1-2H3. The molecule has 21 heavy (non-hydrogen) atoms. The Morgan fingerprint density at radius 2 is 2.00 bits per heavy atom. The van der Waals surface area contributed by atoms with Crippen molar-refractivity contribution in [1.29, 1.82) is 0 Å². The van der Waals surface area contributed by atoms with Crippen molar-refractivity contribution in [2.75, 3.05) is 0 Å². The zero-order valence-corrected chi connectivity index (χ0v) is 12.6. The van der Waals surface area contributed by atoms with E-state index >= 15 is 0 Å². The topological polar surface area (TPSA) is 59.3 Å². The number of aromatic nitrogens is 1. The number of phenolic OH excluding ortho intramolecular Hbond substituents is 1. The second-order valence-electron chi connectivity index (χ2n) is 5.41. The van der Waals surface area contributed by atoms with Gasteiger partial charge in [0.05, 0.1) is 16.5 Å². The van der Waals surface area contributed by atoms with Crippen LogP contribution in [0.25, 0.3) is 10.9 Å². The lowest BCUT2D eigenvalue weighted by molar-refractivity contribution is 0.112. The number of pyridine rings is 1. The minimum Gasteiger partial charge on any atom is -0.507 e. The van der Waals surface area contributed by atoms with Gasteiger partial charge in [-0.3, -0.25) is 9.59 Å². The molecule has 1 N–H and O–H groups in total. The Balaban J connectivity index is 2.55. The van der Waals surface area contributed by atoms with Gasteiger partial charge in [0.15, 0.2) is 6.29 Å². The SMILES string of the molecule is CCCCCCn1cc(C=O)c(=O)c2c(O)c(C)ccc21. The fourth-order valence-electron chi connectivity index (χ4n) is 2.57. The number of unbranched alkanes of at least 4 members (excludes halogenated alkanes) is 3. The summed E-state index contributed by atoms with van der Waals surface area (Å²) in [6.45, 7) is 4.63. The van der Waals surface area contributed by atoms with Gasteiger partial charge in [-0.25, -0.2) is 0 Å². The molecular formula is C17H21NO3. The van der Waals surface area contributed by atoms with Gasteiger partial charge in [0.2, 0.25) is 5.43 Å². The van der Waals surface area contributed by atoms with Crippen molar-refractivity contribution >= 4 is 17.2 Å². The molecule has 2 rings (SSSR count). The maximum atomic E-state index is 12.3. The molecule has 1 aromatic carbocycles. The fourth-order valence-corrected chi connectivity index (χ4v) is 2.57. The van der Waals surface area contributed by atoms with Gasteiger partial charge in [-0.2, -0.15) is 0 Å². The van der Waals surface area contributed by atoms with Crippen molar-refractivity contribution in [1.82, 2.24) is 4.57 Å². The Morgan fingerprint density at radius 3 is 2.67 bits per heavy atom. The molecule has 0 aliphatic rings. The van der Waals surface area contributed by atoms with Crippen LogP contribution in [0.15, 0.2) is 23.1 Å². The first-order valence-corrected chi connectivity index (χ1v) is 7.41. The molecule has 0 fully saturated rings. The maximum Gasteiger partial charge on any atom is 0.203 e. The Morgan fingerprint density at radius 1 is 1.24 bits per heavy atom. The lowest BCUT2D eigenvalue weighted by atomic mass is 10.1. The van der Waals surface area contributed by atoms with Crippen LogP contribution in [0.2, 0.25) is 0 Å². The highest BCUT2D eigenvalue weighted by Gasteiger charge is 2.13. The van der Waals surface area contributed by atoms with Crippen molar-refractivity contribution in [3.05, 3.63) is 39.7 Å². The second-order valence-corrected chi connectivity index (χ2v) is 5.41. The predicted octanol–water partition coefficient (Wildman–Crippen LogP) is 3.41. The molecule has 0 unspecified atom stereocenters. The summed E-state index contributed by atoms with van der Waals surface area (Å²) in [6.07, 6.45) is 6.58. The molecule has 0 saturated heterocycles. The summed E-state index contributed by atoms with van der Waals surface area (Å²) in [5, 5.41) is 10.4. The number of phenols is 1. The highest BCUT2D eigenvalue weighted by molar-refractivity contribution is 5.91. The minimum absolute atomic E-state index is 0.0245. The van der Waals surface area contributed by atoms with Gasteiger partial charge < -0.3 is 9.67 Å². The van der Waals surface area contributed by atoms with Crippen LogP contribution in [-0.4, -0.2) is 16.0 Å². The molecule has 4 heteroatoms. The van der Waals surface area contributed by atoms with E-state index in [-0.39, 0.29) is 16.7 Å². The normalized spacial score (nSPS) is 11.0. The first-order valence-electron chi connectivity index (χ1n) is 7.41. The van der Waals surface area contributed by atoms with Crippen molar-refractivity contribution in [3.8, 4) is 5.75 Å². The van der Waals surface area contributed by atoms with Crippen LogP contribution in [0.4, 0.5) is 0 Å². The number of hydrogen-bond donors (Lipinski definition) is 1. The third-order valence-corrected chi connectivity index (χ3v) is 3.83. The molecule has 0 bridgehead atoms. The molecule has 1 heterocycles. The highest BCUT2D eigenvalue weighted by Crippen LogP contribution is 2.26. The average molecular weight is 287 g/mol. The summed E-state index contributed by atoms with van der Waals surface area (Å²) in [4.78, 5) is 23.4. The molecule has 4 nitrogen and oxygen atoms in total. The molecule has 2 aromatic rings. The van der Waals surface area contributed by atoms with Crippen LogP contribution in [0.1, 0.15) is 48.5 Å².